The summed E-state index contributed by atoms with van der Waals surface area (Å²) in [7, 11) is 0. The predicted octanol–water partition coefficient (Wildman–Crippen LogP) is 3.23. The van der Waals surface area contributed by atoms with Gasteiger partial charge in [-0.2, -0.15) is 0 Å². The van der Waals surface area contributed by atoms with Crippen molar-refractivity contribution in [1.82, 2.24) is 4.90 Å². The minimum Gasteiger partial charge on any atom is -0.489 e. The molecule has 1 N–H and O–H groups in total. The number of rotatable bonds is 5. The Morgan fingerprint density at radius 2 is 1.76 bits per heavy atom. The number of carboxylic acid groups (broad SMARTS) is 1. The van der Waals surface area contributed by atoms with Crippen LogP contribution < -0.4 is 4.74 Å². The normalized spacial score (nSPS) is 16.2. The number of ether oxygens (including phenoxy) is 1. The lowest BCUT2D eigenvalue weighted by Gasteiger charge is -2.16. The molecule has 0 aliphatic carbocycles. The predicted molar refractivity (Wildman–Crippen MR) is 96.1 cm³/mol. The Balaban J connectivity index is 0.00000225. The molecule has 0 saturated carbocycles. The Kier molecular flexibility index (Phi) is 6.42. The molecule has 2 aromatic carbocycles. The van der Waals surface area contributed by atoms with Gasteiger partial charge < -0.3 is 14.7 Å². The molecule has 1 aliphatic rings. The van der Waals surface area contributed by atoms with Crippen LogP contribution in [0.2, 0.25) is 0 Å². The number of carboxylic acids is 1. The van der Waals surface area contributed by atoms with Gasteiger partial charge >= 0.3 is 5.97 Å². The zero-order valence-corrected chi connectivity index (χ0v) is 14.4. The summed E-state index contributed by atoms with van der Waals surface area (Å²) in [5, 5.41) is 9.02. The van der Waals surface area contributed by atoms with Crippen LogP contribution in [-0.4, -0.2) is 35.0 Å². The van der Waals surface area contributed by atoms with Crippen LogP contribution in [0.25, 0.3) is 0 Å². The third kappa shape index (κ3) is 4.73. The molecule has 0 aromatic heterocycles. The maximum Gasteiger partial charge on any atom is 0.308 e. The van der Waals surface area contributed by atoms with Crippen molar-refractivity contribution in [2.75, 3.05) is 13.1 Å². The molecule has 25 heavy (non-hydrogen) atoms. The van der Waals surface area contributed by atoms with E-state index in [9.17, 15) is 9.59 Å². The molecule has 1 atom stereocenters. The summed E-state index contributed by atoms with van der Waals surface area (Å²) in [5.41, 5.74) is 1.55. The van der Waals surface area contributed by atoms with Gasteiger partial charge in [0.15, 0.2) is 0 Å². The molecule has 5 nitrogen and oxygen atoms in total. The highest BCUT2D eigenvalue weighted by molar-refractivity contribution is 5.94. The second-order valence-corrected chi connectivity index (χ2v) is 5.87. The summed E-state index contributed by atoms with van der Waals surface area (Å²) in [6.45, 7) is 1.21. The van der Waals surface area contributed by atoms with E-state index in [1.165, 1.54) is 0 Å². The zero-order valence-electron chi connectivity index (χ0n) is 13.6. The SMILES string of the molecule is Cl.O=C(O)C1CCN(C(=O)c2ccc(COc3ccccc3)cc2)C1. The maximum absolute atomic E-state index is 12.4. The topological polar surface area (TPSA) is 66.8 Å². The Bertz CT molecular complexity index is 718. The number of nitrogens with zero attached hydrogens (tertiary/aromatic N) is 1. The van der Waals surface area contributed by atoms with Crippen molar-refractivity contribution in [3.8, 4) is 5.75 Å². The number of amides is 1. The Labute approximate surface area is 152 Å². The molecule has 1 heterocycles. The average Bonchev–Trinajstić information content (AvgIpc) is 3.11. The zero-order chi connectivity index (χ0) is 16.9. The van der Waals surface area contributed by atoms with E-state index in [1.807, 2.05) is 42.5 Å². The van der Waals surface area contributed by atoms with Crippen LogP contribution in [0.1, 0.15) is 22.3 Å². The van der Waals surface area contributed by atoms with E-state index in [1.54, 1.807) is 17.0 Å². The third-order valence-electron chi connectivity index (χ3n) is 4.17. The minimum absolute atomic E-state index is 0. The summed E-state index contributed by atoms with van der Waals surface area (Å²) in [5.74, 6) is -0.602. The summed E-state index contributed by atoms with van der Waals surface area (Å²) < 4.78 is 5.67. The van der Waals surface area contributed by atoms with E-state index in [0.717, 1.165) is 11.3 Å². The molecule has 1 unspecified atom stereocenters. The van der Waals surface area contributed by atoms with Gasteiger partial charge in [0.05, 0.1) is 5.92 Å². The van der Waals surface area contributed by atoms with Gasteiger partial charge in [-0.3, -0.25) is 9.59 Å². The average molecular weight is 362 g/mol. The summed E-state index contributed by atoms with van der Waals surface area (Å²) in [6.07, 6.45) is 0.518. The number of para-hydroxylation sites is 1. The molecule has 3 rings (SSSR count). The van der Waals surface area contributed by atoms with E-state index >= 15 is 0 Å². The van der Waals surface area contributed by atoms with Gasteiger partial charge in [-0.05, 0) is 36.2 Å². The molecule has 0 radical (unpaired) electrons. The van der Waals surface area contributed by atoms with Crippen LogP contribution in [0.15, 0.2) is 54.6 Å². The molecule has 0 bridgehead atoms. The van der Waals surface area contributed by atoms with Gasteiger partial charge in [-0.1, -0.05) is 30.3 Å². The number of benzene rings is 2. The van der Waals surface area contributed by atoms with Crippen LogP contribution in [0, 0.1) is 5.92 Å². The van der Waals surface area contributed by atoms with Crippen LogP contribution in [0.4, 0.5) is 0 Å². The molecule has 1 fully saturated rings. The number of aliphatic carboxylic acids is 1. The van der Waals surface area contributed by atoms with Crippen molar-refractivity contribution in [3.05, 3.63) is 65.7 Å². The Hall–Kier alpha value is -2.53. The highest BCUT2D eigenvalue weighted by Crippen LogP contribution is 2.19. The van der Waals surface area contributed by atoms with Gasteiger partial charge in [0.1, 0.15) is 12.4 Å². The van der Waals surface area contributed by atoms with Crippen LogP contribution in [0.5, 0.6) is 5.75 Å². The van der Waals surface area contributed by atoms with Crippen LogP contribution in [-0.2, 0) is 11.4 Å². The van der Waals surface area contributed by atoms with E-state index < -0.39 is 11.9 Å². The second kappa shape index (κ2) is 8.53. The van der Waals surface area contributed by atoms with Gasteiger partial charge in [-0.25, -0.2) is 0 Å². The molecular formula is C19H20ClNO4. The quantitative estimate of drug-likeness (QED) is 0.887. The van der Waals surface area contributed by atoms with Crippen molar-refractivity contribution in [2.24, 2.45) is 5.92 Å². The molecular weight excluding hydrogens is 342 g/mol. The molecule has 6 heteroatoms. The molecule has 1 aliphatic heterocycles. The first-order chi connectivity index (χ1) is 11.6. The minimum atomic E-state index is -0.835. The summed E-state index contributed by atoms with van der Waals surface area (Å²) in [6, 6.07) is 16.8. The standard InChI is InChI=1S/C19H19NO4.ClH/c21-18(20-11-10-16(12-20)19(22)23)15-8-6-14(7-9-15)13-24-17-4-2-1-3-5-17;/h1-9,16H,10-13H2,(H,22,23);1H. The highest BCUT2D eigenvalue weighted by atomic mass is 35.5. The van der Waals surface area contributed by atoms with E-state index in [-0.39, 0.29) is 24.9 Å². The van der Waals surface area contributed by atoms with Crippen molar-refractivity contribution in [1.29, 1.82) is 0 Å². The number of hydrogen-bond acceptors (Lipinski definition) is 3. The van der Waals surface area contributed by atoms with Gasteiger partial charge in [0.2, 0.25) is 0 Å². The van der Waals surface area contributed by atoms with Crippen LogP contribution >= 0.6 is 12.4 Å². The fraction of sp³-hybridized carbons (Fsp3) is 0.263. The number of likely N-dealkylation sites (tertiary alicyclic amines) is 1. The lowest BCUT2D eigenvalue weighted by molar-refractivity contribution is -0.141. The lowest BCUT2D eigenvalue weighted by Crippen LogP contribution is -2.29. The Morgan fingerprint density at radius 1 is 1.08 bits per heavy atom. The molecule has 1 amide bonds. The fourth-order valence-electron chi connectivity index (χ4n) is 2.76. The van der Waals surface area contributed by atoms with Crippen molar-refractivity contribution >= 4 is 24.3 Å². The number of carbonyl (C=O) groups excluding carboxylic acids is 1. The maximum atomic E-state index is 12.4. The number of hydrogen-bond donors (Lipinski definition) is 1. The second-order valence-electron chi connectivity index (χ2n) is 5.87. The summed E-state index contributed by atoms with van der Waals surface area (Å²) in [4.78, 5) is 25.0. The lowest BCUT2D eigenvalue weighted by atomic mass is 10.1. The van der Waals surface area contributed by atoms with Crippen LogP contribution in [0.3, 0.4) is 0 Å². The van der Waals surface area contributed by atoms with Crippen molar-refractivity contribution in [2.45, 2.75) is 13.0 Å². The van der Waals surface area contributed by atoms with Crippen molar-refractivity contribution in [3.63, 3.8) is 0 Å². The van der Waals surface area contributed by atoms with Crippen molar-refractivity contribution < 1.29 is 19.4 Å². The summed E-state index contributed by atoms with van der Waals surface area (Å²) >= 11 is 0. The Morgan fingerprint density at radius 3 is 2.36 bits per heavy atom. The highest BCUT2D eigenvalue weighted by Gasteiger charge is 2.31. The molecule has 1 saturated heterocycles. The molecule has 132 valence electrons. The van der Waals surface area contributed by atoms with Gasteiger partial charge in [0, 0.05) is 18.7 Å². The monoisotopic (exact) mass is 361 g/mol. The fourth-order valence-corrected chi connectivity index (χ4v) is 2.76. The van der Waals surface area contributed by atoms with Gasteiger partial charge in [0.25, 0.3) is 5.91 Å². The molecule has 0 spiro atoms. The largest absolute Gasteiger partial charge is 0.489 e. The third-order valence-corrected chi connectivity index (χ3v) is 4.17. The first-order valence-corrected chi connectivity index (χ1v) is 7.92. The van der Waals surface area contributed by atoms with Gasteiger partial charge in [-0.15, -0.1) is 12.4 Å². The smallest absolute Gasteiger partial charge is 0.308 e. The first-order valence-electron chi connectivity index (χ1n) is 7.92. The van der Waals surface area contributed by atoms with E-state index in [0.29, 0.717) is 25.1 Å². The first kappa shape index (κ1) is 18.8. The molecule has 2 aromatic rings. The van der Waals surface area contributed by atoms with E-state index in [2.05, 4.69) is 0 Å². The number of carbonyl (C=O) groups is 2. The number of halogens is 1. The van der Waals surface area contributed by atoms with E-state index in [4.69, 9.17) is 9.84 Å².